The topological polar surface area (TPSA) is 86.7 Å². The monoisotopic (exact) mass is 402 g/mol. The zero-order valence-corrected chi connectivity index (χ0v) is 17.5. The van der Waals surface area contributed by atoms with Gasteiger partial charge < -0.3 is 9.29 Å². The third-order valence-electron chi connectivity index (χ3n) is 5.19. The van der Waals surface area contributed by atoms with Crippen LogP contribution in [0.25, 0.3) is 0 Å². The van der Waals surface area contributed by atoms with Crippen LogP contribution in [0, 0.1) is 20.8 Å². The molecule has 0 aromatic heterocycles. The Morgan fingerprint density at radius 1 is 1.27 bits per heavy atom. The summed E-state index contributed by atoms with van der Waals surface area (Å²) in [7, 11) is -2.01. The molecule has 1 fully saturated rings. The van der Waals surface area contributed by atoms with E-state index in [0.29, 0.717) is 42.0 Å². The van der Waals surface area contributed by atoms with E-state index in [2.05, 4.69) is 0 Å². The highest BCUT2D eigenvalue weighted by Gasteiger charge is 2.37. The van der Waals surface area contributed by atoms with Crippen molar-refractivity contribution in [1.29, 1.82) is 0 Å². The van der Waals surface area contributed by atoms with Crippen LogP contribution in [0.1, 0.15) is 48.8 Å². The van der Waals surface area contributed by atoms with Crippen molar-refractivity contribution in [3.8, 4) is 5.75 Å². The van der Waals surface area contributed by atoms with Crippen molar-refractivity contribution in [2.45, 2.75) is 63.8 Å². The molecule has 1 heterocycles. The van der Waals surface area contributed by atoms with Gasteiger partial charge in [0.05, 0.1) is 12.0 Å². The molecule has 1 saturated heterocycles. The Hall–Kier alpha value is -0.960. The number of sulfonamides is 1. The molecule has 0 N–H and O–H groups in total. The zero-order chi connectivity index (χ0) is 19.5. The molecule has 0 bridgehead atoms. The van der Waals surface area contributed by atoms with Crippen LogP contribution in [0.3, 0.4) is 0 Å². The molecule has 0 spiro atoms. The second-order valence-corrected chi connectivity index (χ2v) is 9.73. The smallest absolute Gasteiger partial charge is 0.243 e. The van der Waals surface area contributed by atoms with Gasteiger partial charge in [-0.25, -0.2) is 8.42 Å². The van der Waals surface area contributed by atoms with Crippen molar-refractivity contribution >= 4 is 21.1 Å². The summed E-state index contributed by atoms with van der Waals surface area (Å²) in [4.78, 5) is 0.378. The minimum atomic E-state index is -3.59. The van der Waals surface area contributed by atoms with Crippen LogP contribution in [-0.2, 0) is 21.1 Å². The van der Waals surface area contributed by atoms with E-state index in [1.807, 2.05) is 13.8 Å². The van der Waals surface area contributed by atoms with Gasteiger partial charge in [-0.2, -0.15) is 4.31 Å². The Morgan fingerprint density at radius 3 is 2.58 bits per heavy atom. The molecule has 8 heteroatoms. The molecule has 6 nitrogen and oxygen atoms in total. The van der Waals surface area contributed by atoms with E-state index in [-0.39, 0.29) is 11.8 Å². The summed E-state index contributed by atoms with van der Waals surface area (Å²) in [6, 6.07) is 1.73. The molecule has 0 saturated carbocycles. The van der Waals surface area contributed by atoms with Crippen molar-refractivity contribution in [2.75, 3.05) is 19.4 Å². The third-order valence-corrected chi connectivity index (χ3v) is 8.05. The normalized spacial score (nSPS) is 19.7. The molecular formula is C18H28NO5S2-. The van der Waals surface area contributed by atoms with Crippen LogP contribution < -0.4 is 4.74 Å². The second-order valence-electron chi connectivity index (χ2n) is 6.89. The molecule has 148 valence electrons. The van der Waals surface area contributed by atoms with Crippen molar-refractivity contribution in [1.82, 2.24) is 4.31 Å². The lowest BCUT2D eigenvalue weighted by Gasteiger charge is -2.27. The van der Waals surface area contributed by atoms with Crippen LogP contribution >= 0.6 is 0 Å². The number of hydrogen-bond donors (Lipinski definition) is 0. The summed E-state index contributed by atoms with van der Waals surface area (Å²) in [6.07, 6.45) is 3.64. The lowest BCUT2D eigenvalue weighted by molar-refractivity contribution is 0.362. The second kappa shape index (κ2) is 8.82. The van der Waals surface area contributed by atoms with E-state index in [9.17, 15) is 17.2 Å². The lowest BCUT2D eigenvalue weighted by atomic mass is 10.1. The molecule has 1 aromatic carbocycles. The van der Waals surface area contributed by atoms with Gasteiger partial charge in [-0.15, -0.1) is 0 Å². The number of aryl methyl sites for hydroxylation is 1. The summed E-state index contributed by atoms with van der Waals surface area (Å²) in [6.45, 7) is 6.02. The van der Waals surface area contributed by atoms with Crippen molar-refractivity contribution in [3.63, 3.8) is 0 Å². The van der Waals surface area contributed by atoms with Gasteiger partial charge in [0.2, 0.25) is 10.0 Å². The van der Waals surface area contributed by atoms with Gasteiger partial charge >= 0.3 is 0 Å². The fraction of sp³-hybridized carbons (Fsp3) is 0.667. The molecule has 2 atom stereocenters. The summed E-state index contributed by atoms with van der Waals surface area (Å²) in [5.74, 6) is 0.831. The highest BCUT2D eigenvalue weighted by atomic mass is 32.2. The fourth-order valence-corrected chi connectivity index (χ4v) is 6.41. The average molecular weight is 403 g/mol. The quantitative estimate of drug-likeness (QED) is 0.493. The summed E-state index contributed by atoms with van der Waals surface area (Å²) in [5.41, 5.74) is 2.26. The number of benzene rings is 1. The Morgan fingerprint density at radius 2 is 1.96 bits per heavy atom. The molecular weight excluding hydrogens is 374 g/mol. The van der Waals surface area contributed by atoms with Crippen molar-refractivity contribution < 1.29 is 21.9 Å². The maximum absolute atomic E-state index is 13.4. The maximum Gasteiger partial charge on any atom is 0.243 e. The van der Waals surface area contributed by atoms with E-state index < -0.39 is 21.1 Å². The first-order chi connectivity index (χ1) is 12.2. The van der Waals surface area contributed by atoms with Crippen LogP contribution in [-0.4, -0.2) is 46.9 Å². The fourth-order valence-electron chi connectivity index (χ4n) is 3.76. The van der Waals surface area contributed by atoms with E-state index in [4.69, 9.17) is 4.74 Å². The molecule has 1 aliphatic rings. The predicted molar refractivity (Wildman–Crippen MR) is 102 cm³/mol. The van der Waals surface area contributed by atoms with Crippen LogP contribution in [0.15, 0.2) is 11.0 Å². The largest absolute Gasteiger partial charge is 0.772 e. The predicted octanol–water partition coefficient (Wildman–Crippen LogP) is 2.82. The summed E-state index contributed by atoms with van der Waals surface area (Å²) >= 11 is -2.03. The third kappa shape index (κ3) is 4.47. The average Bonchev–Trinajstić information content (AvgIpc) is 3.04. The number of rotatable bonds is 8. The number of ether oxygens (including phenoxy) is 1. The van der Waals surface area contributed by atoms with E-state index in [1.165, 1.54) is 0 Å². The molecule has 1 aromatic rings. The lowest BCUT2D eigenvalue weighted by Crippen LogP contribution is -2.36. The molecule has 26 heavy (non-hydrogen) atoms. The first kappa shape index (κ1) is 21.3. The first-order valence-electron chi connectivity index (χ1n) is 8.92. The van der Waals surface area contributed by atoms with Gasteiger partial charge in [0.15, 0.2) is 0 Å². The minimum Gasteiger partial charge on any atom is -0.772 e. The molecule has 1 aliphatic heterocycles. The molecule has 0 amide bonds. The van der Waals surface area contributed by atoms with Gasteiger partial charge in [0.25, 0.3) is 0 Å². The van der Waals surface area contributed by atoms with Crippen LogP contribution in [0.5, 0.6) is 5.75 Å². The van der Waals surface area contributed by atoms with Gasteiger partial charge in [-0.05, 0) is 69.2 Å². The Kier molecular flexibility index (Phi) is 7.24. The number of nitrogens with zero attached hydrogens (tertiary/aromatic N) is 1. The highest BCUT2D eigenvalue weighted by molar-refractivity contribution is 7.89. The van der Waals surface area contributed by atoms with E-state index >= 15 is 0 Å². The maximum atomic E-state index is 13.4. The van der Waals surface area contributed by atoms with Gasteiger partial charge in [-0.1, -0.05) is 17.5 Å². The van der Waals surface area contributed by atoms with Crippen molar-refractivity contribution in [2.24, 2.45) is 0 Å². The minimum absolute atomic E-state index is 0.0544. The Balaban J connectivity index is 2.26. The standard InChI is InChI=1S/C18H29NO5S2/c1-13-12-17(24-4)14(2)15(3)18(13)26(22,23)19-10-7-9-16(19)8-5-6-11-25(20)21/h12,16H,5-11H2,1-4H3,(H,20,21)/p-1. The molecule has 2 unspecified atom stereocenters. The SMILES string of the molecule is COc1cc(C)c(S(=O)(=O)N2CCCC2CCCCS(=O)[O-])c(C)c1C. The highest BCUT2D eigenvalue weighted by Crippen LogP contribution is 2.35. The molecule has 2 rings (SSSR count). The van der Waals surface area contributed by atoms with Gasteiger partial charge in [-0.3, -0.25) is 4.21 Å². The zero-order valence-electron chi connectivity index (χ0n) is 15.9. The van der Waals surface area contributed by atoms with E-state index in [1.54, 1.807) is 24.4 Å². The Labute approximate surface area is 159 Å². The first-order valence-corrected chi connectivity index (χ1v) is 11.6. The van der Waals surface area contributed by atoms with E-state index in [0.717, 1.165) is 24.0 Å². The number of hydrogen-bond acceptors (Lipinski definition) is 5. The number of unbranched alkanes of at least 4 members (excludes halogenated alkanes) is 1. The Bertz CT molecular complexity index is 776. The van der Waals surface area contributed by atoms with Crippen LogP contribution in [0.2, 0.25) is 0 Å². The molecule has 0 radical (unpaired) electrons. The van der Waals surface area contributed by atoms with Gasteiger partial charge in [0, 0.05) is 18.3 Å². The van der Waals surface area contributed by atoms with Crippen LogP contribution in [0.4, 0.5) is 0 Å². The van der Waals surface area contributed by atoms with Crippen molar-refractivity contribution in [3.05, 3.63) is 22.8 Å². The molecule has 0 aliphatic carbocycles. The van der Waals surface area contributed by atoms with Gasteiger partial charge in [0.1, 0.15) is 5.75 Å². The summed E-state index contributed by atoms with van der Waals surface area (Å²) < 4.78 is 55.0. The summed E-state index contributed by atoms with van der Waals surface area (Å²) in [5, 5.41) is 0. The number of methoxy groups -OCH3 is 1.